The Balaban J connectivity index is 1.41. The number of amides is 1. The molecule has 4 rings (SSSR count). The third-order valence-electron chi connectivity index (χ3n) is 8.10. The van der Waals surface area contributed by atoms with Crippen molar-refractivity contribution in [2.45, 2.75) is 96.7 Å². The SMILES string of the molecule is Cc1cc(O)cc(C)c1CC(N)C(=O)NC1CCNc2ccc(CN3CCCCCCCCCC3)cc21. The molecule has 6 heteroatoms. The maximum Gasteiger partial charge on any atom is 0.237 e. The first-order valence-electron chi connectivity index (χ1n) is 14.3. The third-order valence-corrected chi connectivity index (χ3v) is 8.10. The number of fused-ring (bicyclic) bond motifs is 1. The van der Waals surface area contributed by atoms with Crippen LogP contribution in [0.4, 0.5) is 5.69 Å². The lowest BCUT2D eigenvalue weighted by Crippen LogP contribution is -2.44. The fraction of sp³-hybridized carbons (Fsp3) is 0.581. The first kappa shape index (κ1) is 27.5. The van der Waals surface area contributed by atoms with Gasteiger partial charge in [-0.05, 0) is 98.6 Å². The predicted molar refractivity (Wildman–Crippen MR) is 152 cm³/mol. The molecule has 2 aliphatic rings. The van der Waals surface area contributed by atoms with Crippen LogP contribution in [0.25, 0.3) is 0 Å². The number of rotatable bonds is 6. The Kier molecular flexibility index (Phi) is 9.87. The summed E-state index contributed by atoms with van der Waals surface area (Å²) in [7, 11) is 0. The van der Waals surface area contributed by atoms with Gasteiger partial charge in [-0.25, -0.2) is 0 Å². The molecule has 0 aliphatic carbocycles. The summed E-state index contributed by atoms with van der Waals surface area (Å²) in [5.74, 6) is 0.124. The Bertz CT molecular complexity index is 1020. The van der Waals surface area contributed by atoms with Gasteiger partial charge in [-0.1, -0.05) is 50.7 Å². The van der Waals surface area contributed by atoms with Crippen molar-refractivity contribution in [3.8, 4) is 5.75 Å². The summed E-state index contributed by atoms with van der Waals surface area (Å²) in [6, 6.07) is 9.49. The molecule has 0 saturated carbocycles. The summed E-state index contributed by atoms with van der Waals surface area (Å²) in [6.45, 7) is 8.03. The molecule has 2 aliphatic heterocycles. The van der Waals surface area contributed by atoms with Crippen molar-refractivity contribution in [1.82, 2.24) is 10.2 Å². The third kappa shape index (κ3) is 7.71. The number of carbonyl (C=O) groups is 1. The summed E-state index contributed by atoms with van der Waals surface area (Å²) >= 11 is 0. The van der Waals surface area contributed by atoms with Crippen LogP contribution in [0, 0.1) is 13.8 Å². The number of phenols is 1. The van der Waals surface area contributed by atoms with Crippen molar-refractivity contribution in [2.24, 2.45) is 5.73 Å². The largest absolute Gasteiger partial charge is 0.508 e. The van der Waals surface area contributed by atoms with E-state index in [1.54, 1.807) is 12.1 Å². The number of hydrogen-bond acceptors (Lipinski definition) is 5. The number of benzene rings is 2. The number of hydrogen-bond donors (Lipinski definition) is 4. The van der Waals surface area contributed by atoms with E-state index in [1.807, 2.05) is 13.8 Å². The summed E-state index contributed by atoms with van der Waals surface area (Å²) in [5.41, 5.74) is 12.9. The Morgan fingerprint density at radius 3 is 2.30 bits per heavy atom. The van der Waals surface area contributed by atoms with E-state index in [0.29, 0.717) is 6.42 Å². The number of nitrogens with zero attached hydrogens (tertiary/aromatic N) is 1. The van der Waals surface area contributed by atoms with Crippen molar-refractivity contribution in [3.63, 3.8) is 0 Å². The van der Waals surface area contributed by atoms with Crippen LogP contribution in [0.1, 0.15) is 91.6 Å². The molecule has 2 aromatic rings. The lowest BCUT2D eigenvalue weighted by atomic mass is 9.93. The van der Waals surface area contributed by atoms with Crippen LogP contribution in [-0.4, -0.2) is 41.6 Å². The quantitative estimate of drug-likeness (QED) is 0.416. The van der Waals surface area contributed by atoms with Gasteiger partial charge in [0.05, 0.1) is 12.1 Å². The predicted octanol–water partition coefficient (Wildman–Crippen LogP) is 5.49. The lowest BCUT2D eigenvalue weighted by Gasteiger charge is -2.30. The summed E-state index contributed by atoms with van der Waals surface area (Å²) in [4.78, 5) is 15.8. The minimum Gasteiger partial charge on any atom is -0.508 e. The number of anilines is 1. The van der Waals surface area contributed by atoms with Crippen molar-refractivity contribution >= 4 is 11.6 Å². The minimum absolute atomic E-state index is 0.0423. The molecular weight excluding hydrogens is 460 g/mol. The zero-order chi connectivity index (χ0) is 26.2. The second-order valence-corrected chi connectivity index (χ2v) is 11.2. The lowest BCUT2D eigenvalue weighted by molar-refractivity contribution is -0.123. The Morgan fingerprint density at radius 1 is 1.03 bits per heavy atom. The highest BCUT2D eigenvalue weighted by atomic mass is 16.3. The second-order valence-electron chi connectivity index (χ2n) is 11.2. The van der Waals surface area contributed by atoms with Crippen LogP contribution < -0.4 is 16.4 Å². The normalized spacial score (nSPS) is 20.2. The van der Waals surface area contributed by atoms with Crippen LogP contribution in [0.15, 0.2) is 30.3 Å². The van der Waals surface area contributed by atoms with Crippen molar-refractivity contribution in [3.05, 3.63) is 58.1 Å². The monoisotopic (exact) mass is 506 g/mol. The molecule has 2 aromatic carbocycles. The Labute approximate surface area is 223 Å². The van der Waals surface area contributed by atoms with Gasteiger partial charge >= 0.3 is 0 Å². The van der Waals surface area contributed by atoms with E-state index in [2.05, 4.69) is 33.7 Å². The highest BCUT2D eigenvalue weighted by Gasteiger charge is 2.25. The summed E-state index contributed by atoms with van der Waals surface area (Å²) < 4.78 is 0. The van der Waals surface area contributed by atoms with E-state index in [4.69, 9.17) is 5.73 Å². The smallest absolute Gasteiger partial charge is 0.237 e. The highest BCUT2D eigenvalue weighted by molar-refractivity contribution is 5.82. The molecule has 2 unspecified atom stereocenters. The highest BCUT2D eigenvalue weighted by Crippen LogP contribution is 2.31. The number of carbonyl (C=O) groups excluding carboxylic acids is 1. The number of nitrogens with one attached hydrogen (secondary N) is 2. The molecule has 1 saturated heterocycles. The first-order valence-corrected chi connectivity index (χ1v) is 14.3. The van der Waals surface area contributed by atoms with Gasteiger partial charge in [0, 0.05) is 18.8 Å². The molecule has 0 aromatic heterocycles. The fourth-order valence-electron chi connectivity index (χ4n) is 5.96. The summed E-state index contributed by atoms with van der Waals surface area (Å²) in [5, 5.41) is 16.6. The van der Waals surface area contributed by atoms with Crippen LogP contribution >= 0.6 is 0 Å². The molecule has 1 amide bonds. The molecule has 0 radical (unpaired) electrons. The van der Waals surface area contributed by atoms with Crippen molar-refractivity contribution in [2.75, 3.05) is 25.0 Å². The minimum atomic E-state index is -0.637. The first-order chi connectivity index (χ1) is 17.9. The molecule has 0 bridgehead atoms. The molecule has 202 valence electrons. The van der Waals surface area contributed by atoms with Gasteiger partial charge < -0.3 is 21.5 Å². The Morgan fingerprint density at radius 2 is 1.65 bits per heavy atom. The van der Waals surface area contributed by atoms with Crippen molar-refractivity contribution in [1.29, 1.82) is 0 Å². The maximum atomic E-state index is 13.2. The molecule has 6 nitrogen and oxygen atoms in total. The average Bonchev–Trinajstić information content (AvgIpc) is 2.92. The van der Waals surface area contributed by atoms with Gasteiger partial charge in [0.1, 0.15) is 5.75 Å². The number of aromatic hydroxyl groups is 1. The Hall–Kier alpha value is -2.57. The van der Waals surface area contributed by atoms with Crippen LogP contribution in [0.3, 0.4) is 0 Å². The van der Waals surface area contributed by atoms with Crippen LogP contribution in [0.2, 0.25) is 0 Å². The number of nitrogens with two attached hydrogens (primary N) is 1. The molecule has 2 heterocycles. The van der Waals surface area contributed by atoms with E-state index in [0.717, 1.165) is 41.9 Å². The van der Waals surface area contributed by atoms with Crippen LogP contribution in [-0.2, 0) is 17.8 Å². The van der Waals surface area contributed by atoms with E-state index >= 15 is 0 Å². The summed E-state index contributed by atoms with van der Waals surface area (Å²) in [6.07, 6.45) is 12.1. The average molecular weight is 507 g/mol. The van der Waals surface area contributed by atoms with Crippen LogP contribution in [0.5, 0.6) is 5.75 Å². The van der Waals surface area contributed by atoms with E-state index in [9.17, 15) is 9.90 Å². The van der Waals surface area contributed by atoms with Gasteiger partial charge in [-0.3, -0.25) is 9.69 Å². The van der Waals surface area contributed by atoms with E-state index in [1.165, 1.54) is 75.6 Å². The molecule has 5 N–H and O–H groups in total. The fourth-order valence-corrected chi connectivity index (χ4v) is 5.96. The van der Waals surface area contributed by atoms with Gasteiger partial charge in [-0.2, -0.15) is 0 Å². The van der Waals surface area contributed by atoms with Gasteiger partial charge in [-0.15, -0.1) is 0 Å². The maximum absolute atomic E-state index is 13.2. The topological polar surface area (TPSA) is 90.6 Å². The molecule has 1 fully saturated rings. The molecule has 37 heavy (non-hydrogen) atoms. The van der Waals surface area contributed by atoms with Gasteiger partial charge in [0.25, 0.3) is 0 Å². The number of aryl methyl sites for hydroxylation is 2. The number of phenolic OH excluding ortho intramolecular Hbond substituents is 1. The van der Waals surface area contributed by atoms with Crippen molar-refractivity contribution < 1.29 is 9.90 Å². The molecular formula is C31H46N4O2. The standard InChI is InChI=1S/C31H46N4O2/c1-22-17-25(36)18-23(2)26(22)20-28(32)31(37)34-30-13-14-33-29-12-11-24(19-27(29)30)21-35-15-9-7-5-3-4-6-8-10-16-35/h11-12,17-19,28,30,33,36H,3-10,13-16,20-21,32H2,1-2H3,(H,34,37). The zero-order valence-electron chi connectivity index (χ0n) is 22.8. The van der Waals surface area contributed by atoms with Gasteiger partial charge in [0.15, 0.2) is 0 Å². The zero-order valence-corrected chi connectivity index (χ0v) is 22.8. The molecule has 0 spiro atoms. The van der Waals surface area contributed by atoms with Gasteiger partial charge in [0.2, 0.25) is 5.91 Å². The van der Waals surface area contributed by atoms with E-state index < -0.39 is 6.04 Å². The second kappa shape index (κ2) is 13.3. The molecule has 2 atom stereocenters. The van der Waals surface area contributed by atoms with E-state index in [-0.39, 0.29) is 17.7 Å².